The second-order valence-corrected chi connectivity index (χ2v) is 4.45. The molecule has 19 heavy (non-hydrogen) atoms. The highest BCUT2D eigenvalue weighted by molar-refractivity contribution is 5.86. The average molecular weight is 278 g/mol. The first kappa shape index (κ1) is 15.4. The van der Waals surface area contributed by atoms with Crippen molar-refractivity contribution < 1.29 is 22.4 Å². The Morgan fingerprint density at radius 2 is 1.95 bits per heavy atom. The van der Waals surface area contributed by atoms with Gasteiger partial charge < -0.3 is 11.1 Å². The van der Waals surface area contributed by atoms with Gasteiger partial charge in [0.25, 0.3) is 0 Å². The minimum Gasteiger partial charge on any atom is -0.348 e. The molecule has 0 radical (unpaired) electrons. The number of amides is 1. The fourth-order valence-corrected chi connectivity index (χ4v) is 1.33. The van der Waals surface area contributed by atoms with Gasteiger partial charge in [0, 0.05) is 0 Å². The van der Waals surface area contributed by atoms with Crippen molar-refractivity contribution in [3.8, 4) is 0 Å². The fraction of sp³-hybridized carbons (Fsp3) is 0.417. The van der Waals surface area contributed by atoms with E-state index in [1.54, 1.807) is 0 Å². The Labute approximate surface area is 107 Å². The molecule has 1 aromatic carbocycles. The monoisotopic (exact) mass is 278 g/mol. The number of benzene rings is 1. The second kappa shape index (κ2) is 5.16. The Morgan fingerprint density at radius 1 is 1.37 bits per heavy atom. The van der Waals surface area contributed by atoms with Crippen molar-refractivity contribution in [2.75, 3.05) is 0 Å². The minimum absolute atomic E-state index is 0.353. The van der Waals surface area contributed by atoms with Crippen LogP contribution in [-0.2, 0) is 4.79 Å². The van der Waals surface area contributed by atoms with Gasteiger partial charge in [-0.15, -0.1) is 0 Å². The van der Waals surface area contributed by atoms with Gasteiger partial charge in [0.15, 0.2) is 5.54 Å². The maximum Gasteiger partial charge on any atom is 0.415 e. The van der Waals surface area contributed by atoms with Crippen molar-refractivity contribution in [2.45, 2.75) is 31.6 Å². The van der Waals surface area contributed by atoms with E-state index in [1.807, 2.05) is 0 Å². The summed E-state index contributed by atoms with van der Waals surface area (Å²) in [6.07, 6.45) is -4.86. The summed E-state index contributed by atoms with van der Waals surface area (Å²) in [5.41, 5.74) is 2.34. The van der Waals surface area contributed by atoms with Crippen LogP contribution in [0.4, 0.5) is 17.6 Å². The molecular weight excluding hydrogens is 264 g/mol. The third-order valence-electron chi connectivity index (χ3n) is 2.76. The van der Waals surface area contributed by atoms with Crippen LogP contribution < -0.4 is 11.1 Å². The molecule has 7 heteroatoms. The van der Waals surface area contributed by atoms with E-state index in [0.717, 1.165) is 6.07 Å². The lowest BCUT2D eigenvalue weighted by molar-refractivity contribution is -0.187. The SMILES string of the molecule is C[C@H](NC(=O)C(C)(N)C(F)(F)F)c1cccc(F)c1. The van der Waals surface area contributed by atoms with Gasteiger partial charge in [-0.25, -0.2) is 4.39 Å². The molecule has 0 fully saturated rings. The van der Waals surface area contributed by atoms with E-state index in [9.17, 15) is 22.4 Å². The summed E-state index contributed by atoms with van der Waals surface area (Å²) in [5.74, 6) is -1.90. The van der Waals surface area contributed by atoms with Crippen molar-refractivity contribution in [2.24, 2.45) is 5.73 Å². The zero-order valence-electron chi connectivity index (χ0n) is 10.4. The molecule has 1 unspecified atom stereocenters. The highest BCUT2D eigenvalue weighted by Gasteiger charge is 2.54. The van der Waals surface area contributed by atoms with Crippen LogP contribution in [0.15, 0.2) is 24.3 Å². The molecule has 0 bridgehead atoms. The summed E-state index contributed by atoms with van der Waals surface area (Å²) in [7, 11) is 0. The maximum atomic E-state index is 13.0. The largest absolute Gasteiger partial charge is 0.415 e. The van der Waals surface area contributed by atoms with Crippen LogP contribution in [0.5, 0.6) is 0 Å². The molecule has 0 aliphatic heterocycles. The summed E-state index contributed by atoms with van der Waals surface area (Å²) >= 11 is 0. The molecule has 3 N–H and O–H groups in total. The number of hydrogen-bond acceptors (Lipinski definition) is 2. The van der Waals surface area contributed by atoms with E-state index in [4.69, 9.17) is 5.73 Å². The van der Waals surface area contributed by atoms with Crippen molar-refractivity contribution in [3.05, 3.63) is 35.6 Å². The standard InChI is InChI=1S/C12H14F4N2O/c1-7(8-4-3-5-9(13)6-8)18-10(19)11(2,17)12(14,15)16/h3-7H,17H2,1-2H3,(H,18,19)/t7-,11?/m0/s1. The quantitative estimate of drug-likeness (QED) is 0.833. The predicted octanol–water partition coefficient (Wildman–Crippen LogP) is 2.28. The van der Waals surface area contributed by atoms with Crippen molar-refractivity contribution in [1.82, 2.24) is 5.32 Å². The number of hydrogen-bond donors (Lipinski definition) is 2. The summed E-state index contributed by atoms with van der Waals surface area (Å²) in [5, 5.41) is 2.12. The van der Waals surface area contributed by atoms with E-state index in [1.165, 1.54) is 25.1 Å². The normalized spacial score (nSPS) is 16.6. The van der Waals surface area contributed by atoms with Crippen molar-refractivity contribution in [1.29, 1.82) is 0 Å². The molecule has 0 aliphatic rings. The van der Waals surface area contributed by atoms with E-state index in [2.05, 4.69) is 5.32 Å². The highest BCUT2D eigenvalue weighted by Crippen LogP contribution is 2.28. The molecule has 1 rings (SSSR count). The molecule has 1 aromatic rings. The number of nitrogens with one attached hydrogen (secondary N) is 1. The molecule has 0 heterocycles. The van der Waals surface area contributed by atoms with Crippen LogP contribution in [0.25, 0.3) is 0 Å². The Kier molecular flexibility index (Phi) is 4.19. The number of rotatable bonds is 3. The lowest BCUT2D eigenvalue weighted by Gasteiger charge is -2.28. The smallest absolute Gasteiger partial charge is 0.348 e. The first-order valence-corrected chi connectivity index (χ1v) is 5.47. The van der Waals surface area contributed by atoms with E-state index >= 15 is 0 Å². The zero-order chi connectivity index (χ0) is 14.8. The number of carbonyl (C=O) groups excluding carboxylic acids is 1. The molecule has 3 nitrogen and oxygen atoms in total. The van der Waals surface area contributed by atoms with Crippen LogP contribution in [0.2, 0.25) is 0 Å². The summed E-state index contributed by atoms with van der Waals surface area (Å²) < 4.78 is 50.6. The third kappa shape index (κ3) is 3.44. The van der Waals surface area contributed by atoms with Crippen LogP contribution in [0.1, 0.15) is 25.5 Å². The molecule has 0 saturated carbocycles. The van der Waals surface area contributed by atoms with E-state index in [0.29, 0.717) is 12.5 Å². The summed E-state index contributed by atoms with van der Waals surface area (Å²) in [6, 6.07) is 4.44. The van der Waals surface area contributed by atoms with Gasteiger partial charge in [0.2, 0.25) is 5.91 Å². The van der Waals surface area contributed by atoms with Gasteiger partial charge in [-0.3, -0.25) is 4.79 Å². The van der Waals surface area contributed by atoms with Crippen LogP contribution in [0.3, 0.4) is 0 Å². The molecule has 0 saturated heterocycles. The number of nitrogens with two attached hydrogens (primary N) is 1. The first-order chi connectivity index (χ1) is 8.55. The molecule has 1 amide bonds. The lowest BCUT2D eigenvalue weighted by Crippen LogP contribution is -2.61. The van der Waals surface area contributed by atoms with Crippen molar-refractivity contribution in [3.63, 3.8) is 0 Å². The summed E-state index contributed by atoms with van der Waals surface area (Å²) in [6.45, 7) is 2.03. The number of carbonyl (C=O) groups is 1. The maximum absolute atomic E-state index is 13.0. The topological polar surface area (TPSA) is 55.1 Å². The minimum atomic E-state index is -4.86. The molecular formula is C12H14F4N2O. The number of halogens is 4. The molecule has 2 atom stereocenters. The van der Waals surface area contributed by atoms with Gasteiger partial charge in [-0.2, -0.15) is 13.2 Å². The van der Waals surface area contributed by atoms with Gasteiger partial charge in [0.1, 0.15) is 5.82 Å². The van der Waals surface area contributed by atoms with Crippen LogP contribution in [-0.4, -0.2) is 17.6 Å². The Balaban J connectivity index is 2.83. The highest BCUT2D eigenvalue weighted by atomic mass is 19.4. The van der Waals surface area contributed by atoms with Gasteiger partial charge in [-0.05, 0) is 31.5 Å². The van der Waals surface area contributed by atoms with Crippen molar-refractivity contribution >= 4 is 5.91 Å². The van der Waals surface area contributed by atoms with Crippen LogP contribution >= 0.6 is 0 Å². The second-order valence-electron chi connectivity index (χ2n) is 4.45. The fourth-order valence-electron chi connectivity index (χ4n) is 1.33. The van der Waals surface area contributed by atoms with E-state index in [-0.39, 0.29) is 0 Å². The van der Waals surface area contributed by atoms with Gasteiger partial charge >= 0.3 is 6.18 Å². The Bertz CT molecular complexity index is 471. The third-order valence-corrected chi connectivity index (χ3v) is 2.76. The zero-order valence-corrected chi connectivity index (χ0v) is 10.4. The Hall–Kier alpha value is -1.63. The first-order valence-electron chi connectivity index (χ1n) is 5.47. The van der Waals surface area contributed by atoms with E-state index < -0.39 is 29.5 Å². The molecule has 0 aliphatic carbocycles. The van der Waals surface area contributed by atoms with Gasteiger partial charge in [0.05, 0.1) is 6.04 Å². The van der Waals surface area contributed by atoms with Crippen LogP contribution in [0, 0.1) is 5.82 Å². The average Bonchev–Trinajstić information content (AvgIpc) is 2.27. The van der Waals surface area contributed by atoms with Gasteiger partial charge in [-0.1, -0.05) is 12.1 Å². The Morgan fingerprint density at radius 3 is 2.42 bits per heavy atom. The molecule has 106 valence electrons. The number of alkyl halides is 3. The molecule has 0 spiro atoms. The molecule has 0 aromatic heterocycles. The summed E-state index contributed by atoms with van der Waals surface area (Å²) in [4.78, 5) is 11.5. The predicted molar refractivity (Wildman–Crippen MR) is 61.6 cm³/mol. The lowest BCUT2D eigenvalue weighted by atomic mass is 10.0.